The molecule has 1 aromatic rings. The number of nitrogens with zero attached hydrogens (tertiary/aromatic N) is 1. The molecule has 4 heteroatoms. The lowest BCUT2D eigenvalue weighted by molar-refractivity contribution is -0.123. The molecule has 0 aliphatic rings. The third-order valence-corrected chi connectivity index (χ3v) is 2.67. The Labute approximate surface area is 86.3 Å². The number of carbonyl (C=O) groups is 1. The average molecular weight is 245 g/mol. The minimum atomic E-state index is -0.116. The molecule has 0 radical (unpaired) electrons. The molecule has 1 rings (SSSR count). The minimum Gasteiger partial charge on any atom is -0.357 e. The van der Waals surface area contributed by atoms with Gasteiger partial charge < -0.3 is 9.88 Å². The summed E-state index contributed by atoms with van der Waals surface area (Å²) in [6.45, 7) is 1.99. The van der Waals surface area contributed by atoms with Crippen molar-refractivity contribution in [1.82, 2.24) is 9.88 Å². The molecule has 1 amide bonds. The normalized spacial score (nSPS) is 12.5. The maximum Gasteiger partial charge on any atom is 0.242 e. The molecule has 0 aliphatic carbocycles. The molecule has 0 spiro atoms. The summed E-state index contributed by atoms with van der Waals surface area (Å²) in [6.07, 6.45) is 2.68. The van der Waals surface area contributed by atoms with Gasteiger partial charge in [0.05, 0.1) is 4.60 Å². The highest BCUT2D eigenvalue weighted by molar-refractivity contribution is 9.10. The van der Waals surface area contributed by atoms with Crippen molar-refractivity contribution < 1.29 is 4.79 Å². The van der Waals surface area contributed by atoms with E-state index in [9.17, 15) is 4.79 Å². The molecule has 0 aromatic carbocycles. The van der Waals surface area contributed by atoms with Crippen molar-refractivity contribution >= 4 is 21.8 Å². The number of halogens is 1. The number of carbonyl (C=O) groups excluding carboxylic acids is 1. The van der Waals surface area contributed by atoms with Crippen LogP contribution in [-0.4, -0.2) is 17.5 Å². The van der Waals surface area contributed by atoms with Gasteiger partial charge in [-0.3, -0.25) is 4.79 Å². The van der Waals surface area contributed by atoms with Crippen LogP contribution in [0.25, 0.3) is 0 Å². The Morgan fingerprint density at radius 1 is 1.77 bits per heavy atom. The van der Waals surface area contributed by atoms with Crippen molar-refractivity contribution in [1.29, 1.82) is 0 Å². The number of aromatic nitrogens is 1. The Morgan fingerprint density at radius 3 is 2.85 bits per heavy atom. The van der Waals surface area contributed by atoms with Crippen LogP contribution in [0.5, 0.6) is 0 Å². The molecule has 72 valence electrons. The largest absolute Gasteiger partial charge is 0.357 e. The summed E-state index contributed by atoms with van der Waals surface area (Å²) in [6, 6.07) is 3.72. The van der Waals surface area contributed by atoms with E-state index < -0.39 is 0 Å². The predicted molar refractivity (Wildman–Crippen MR) is 55.5 cm³/mol. The summed E-state index contributed by atoms with van der Waals surface area (Å²) in [5, 5.41) is 2.65. The highest BCUT2D eigenvalue weighted by atomic mass is 79.9. The van der Waals surface area contributed by atoms with Crippen molar-refractivity contribution in [3.8, 4) is 0 Å². The zero-order chi connectivity index (χ0) is 9.84. The van der Waals surface area contributed by atoms with E-state index in [1.807, 2.05) is 29.8 Å². The van der Waals surface area contributed by atoms with Gasteiger partial charge in [0.1, 0.15) is 6.04 Å². The lowest BCUT2D eigenvalue weighted by Gasteiger charge is -2.16. The predicted octanol–water partition coefficient (Wildman–Crippen LogP) is 1.95. The van der Waals surface area contributed by atoms with Gasteiger partial charge in [-0.15, -0.1) is 0 Å². The van der Waals surface area contributed by atoms with Gasteiger partial charge in [0.2, 0.25) is 5.91 Å². The highest BCUT2D eigenvalue weighted by Crippen LogP contribution is 2.19. The van der Waals surface area contributed by atoms with Crippen LogP contribution in [0.1, 0.15) is 19.4 Å². The van der Waals surface area contributed by atoms with Gasteiger partial charge in [-0.2, -0.15) is 0 Å². The van der Waals surface area contributed by atoms with E-state index >= 15 is 0 Å². The summed E-state index contributed by atoms with van der Waals surface area (Å²) in [5.74, 6) is 0.0411. The first-order chi connectivity index (χ1) is 6.20. The van der Waals surface area contributed by atoms with E-state index in [0.717, 1.165) is 11.0 Å². The first-order valence-corrected chi connectivity index (χ1v) is 5.04. The van der Waals surface area contributed by atoms with E-state index in [1.165, 1.54) is 0 Å². The topological polar surface area (TPSA) is 34.0 Å². The maximum atomic E-state index is 11.4. The second kappa shape index (κ2) is 4.46. The second-order valence-electron chi connectivity index (χ2n) is 2.78. The minimum absolute atomic E-state index is 0.0411. The summed E-state index contributed by atoms with van der Waals surface area (Å²) < 4.78 is 2.85. The Hall–Kier alpha value is -0.770. The van der Waals surface area contributed by atoms with Crippen LogP contribution in [0, 0.1) is 0 Å². The quantitative estimate of drug-likeness (QED) is 0.867. The molecule has 0 aliphatic heterocycles. The Bertz CT molecular complexity index is 296. The van der Waals surface area contributed by atoms with E-state index in [4.69, 9.17) is 0 Å². The van der Waals surface area contributed by atoms with Gasteiger partial charge in [0.25, 0.3) is 0 Å². The molecule has 1 heterocycles. The van der Waals surface area contributed by atoms with Crippen molar-refractivity contribution in [2.45, 2.75) is 19.4 Å². The zero-order valence-electron chi connectivity index (χ0n) is 7.75. The maximum absolute atomic E-state index is 11.4. The van der Waals surface area contributed by atoms with Crippen molar-refractivity contribution in [2.75, 3.05) is 7.05 Å². The number of likely N-dealkylation sites (N-methyl/N-ethyl adjacent to an activating group) is 1. The summed E-state index contributed by atoms with van der Waals surface area (Å²) >= 11 is 3.39. The highest BCUT2D eigenvalue weighted by Gasteiger charge is 2.17. The second-order valence-corrected chi connectivity index (χ2v) is 3.59. The summed E-state index contributed by atoms with van der Waals surface area (Å²) in [7, 11) is 1.66. The molecule has 13 heavy (non-hydrogen) atoms. The summed E-state index contributed by atoms with van der Waals surface area (Å²) in [5.41, 5.74) is 0. The van der Waals surface area contributed by atoms with Crippen LogP contribution in [0.15, 0.2) is 22.9 Å². The number of rotatable bonds is 3. The number of hydrogen-bond acceptors (Lipinski definition) is 1. The molecular formula is C9H13BrN2O. The van der Waals surface area contributed by atoms with Crippen LogP contribution >= 0.6 is 15.9 Å². The molecule has 3 nitrogen and oxygen atoms in total. The van der Waals surface area contributed by atoms with Crippen LogP contribution in [0.3, 0.4) is 0 Å². The fraction of sp³-hybridized carbons (Fsp3) is 0.444. The lowest BCUT2D eigenvalue weighted by Crippen LogP contribution is -2.29. The fourth-order valence-electron chi connectivity index (χ4n) is 1.30. The molecule has 0 bridgehead atoms. The van der Waals surface area contributed by atoms with Crippen LogP contribution in [0.4, 0.5) is 0 Å². The Balaban J connectivity index is 2.90. The molecule has 1 atom stereocenters. The van der Waals surface area contributed by atoms with Gasteiger partial charge in [0.15, 0.2) is 0 Å². The van der Waals surface area contributed by atoms with E-state index in [1.54, 1.807) is 7.05 Å². The monoisotopic (exact) mass is 244 g/mol. The third-order valence-electron chi connectivity index (χ3n) is 2.00. The number of hydrogen-bond donors (Lipinski definition) is 1. The van der Waals surface area contributed by atoms with Crippen LogP contribution in [0.2, 0.25) is 0 Å². The fourth-order valence-corrected chi connectivity index (χ4v) is 1.82. The van der Waals surface area contributed by atoms with E-state index in [-0.39, 0.29) is 11.9 Å². The Morgan fingerprint density at radius 2 is 2.46 bits per heavy atom. The van der Waals surface area contributed by atoms with Gasteiger partial charge in [-0.1, -0.05) is 6.92 Å². The average Bonchev–Trinajstić information content (AvgIpc) is 2.53. The number of nitrogens with one attached hydrogen (secondary N) is 1. The van der Waals surface area contributed by atoms with Crippen LogP contribution in [-0.2, 0) is 4.79 Å². The molecular weight excluding hydrogens is 232 g/mol. The molecule has 0 fully saturated rings. The van der Waals surface area contributed by atoms with Gasteiger partial charge in [0, 0.05) is 13.2 Å². The standard InChI is InChI=1S/C9H13BrN2O/c1-3-7(9(13)11-2)12-6-4-5-8(12)10/h4-7H,3H2,1-2H3,(H,11,13)/t7-/m1/s1. The third kappa shape index (κ3) is 2.12. The molecule has 1 N–H and O–H groups in total. The number of amides is 1. The Kier molecular flexibility index (Phi) is 3.54. The van der Waals surface area contributed by atoms with E-state index in [0.29, 0.717) is 0 Å². The van der Waals surface area contributed by atoms with Crippen molar-refractivity contribution in [3.63, 3.8) is 0 Å². The van der Waals surface area contributed by atoms with Gasteiger partial charge in [-0.05, 0) is 34.5 Å². The lowest BCUT2D eigenvalue weighted by atomic mass is 10.2. The molecule has 1 aromatic heterocycles. The van der Waals surface area contributed by atoms with Crippen LogP contribution < -0.4 is 5.32 Å². The van der Waals surface area contributed by atoms with Crippen molar-refractivity contribution in [2.24, 2.45) is 0 Å². The van der Waals surface area contributed by atoms with Crippen molar-refractivity contribution in [3.05, 3.63) is 22.9 Å². The molecule has 0 saturated carbocycles. The zero-order valence-corrected chi connectivity index (χ0v) is 9.34. The first-order valence-electron chi connectivity index (χ1n) is 4.24. The summed E-state index contributed by atoms with van der Waals surface area (Å²) in [4.78, 5) is 11.4. The van der Waals surface area contributed by atoms with Gasteiger partial charge >= 0.3 is 0 Å². The van der Waals surface area contributed by atoms with E-state index in [2.05, 4.69) is 21.2 Å². The first kappa shape index (κ1) is 10.3. The molecule has 0 saturated heterocycles. The molecule has 0 unspecified atom stereocenters. The van der Waals surface area contributed by atoms with Gasteiger partial charge in [-0.25, -0.2) is 0 Å². The smallest absolute Gasteiger partial charge is 0.242 e. The SMILES string of the molecule is CC[C@H](C(=O)NC)n1cccc1Br.